The second kappa shape index (κ2) is 7.71. The van der Waals surface area contributed by atoms with E-state index in [1.807, 2.05) is 82.7 Å². The summed E-state index contributed by atoms with van der Waals surface area (Å²) in [6, 6.07) is 15.6. The predicted molar refractivity (Wildman–Crippen MR) is 96.6 cm³/mol. The van der Waals surface area contributed by atoms with Crippen LogP contribution in [0.3, 0.4) is 0 Å². The molecule has 7 nitrogen and oxygen atoms in total. The molecular weight excluding hydrogens is 326 g/mol. The Morgan fingerprint density at radius 1 is 0.692 bits per heavy atom. The first-order valence-corrected chi connectivity index (χ1v) is 8.41. The Bertz CT molecular complexity index is 814. The first kappa shape index (κ1) is 16.2. The van der Waals surface area contributed by atoms with Crippen molar-refractivity contribution in [3.63, 3.8) is 0 Å². The van der Waals surface area contributed by atoms with Crippen molar-refractivity contribution < 1.29 is 0 Å². The molecule has 4 rings (SSSR count). The highest BCUT2D eigenvalue weighted by atomic mass is 15.4. The van der Waals surface area contributed by atoms with E-state index in [2.05, 4.69) is 25.1 Å². The number of hydrogen-bond donors (Lipinski definition) is 0. The molecule has 0 saturated carbocycles. The maximum absolute atomic E-state index is 4.59. The standard InChI is InChI=1S/C19H19N7/c1-3-9-20-17(7-1)19(18-8-2-4-10-21-18)24(15-25-13-5-11-22-25)16-26-14-6-12-23-26/h1-14,19H,15-16H2. The quantitative estimate of drug-likeness (QED) is 0.515. The zero-order chi connectivity index (χ0) is 17.6. The molecule has 0 saturated heterocycles. The van der Waals surface area contributed by atoms with Gasteiger partial charge < -0.3 is 0 Å². The fraction of sp³-hybridized carbons (Fsp3) is 0.158. The minimum atomic E-state index is -0.120. The average Bonchev–Trinajstić information content (AvgIpc) is 3.38. The van der Waals surface area contributed by atoms with Gasteiger partial charge in [0, 0.05) is 37.2 Å². The van der Waals surface area contributed by atoms with Crippen LogP contribution in [0.4, 0.5) is 0 Å². The number of hydrogen-bond acceptors (Lipinski definition) is 5. The van der Waals surface area contributed by atoms with E-state index in [9.17, 15) is 0 Å². The first-order chi connectivity index (χ1) is 12.9. The van der Waals surface area contributed by atoms with Crippen LogP contribution in [0.25, 0.3) is 0 Å². The van der Waals surface area contributed by atoms with Gasteiger partial charge >= 0.3 is 0 Å². The monoisotopic (exact) mass is 345 g/mol. The third-order valence-electron chi connectivity index (χ3n) is 4.07. The van der Waals surface area contributed by atoms with Gasteiger partial charge in [0.15, 0.2) is 0 Å². The summed E-state index contributed by atoms with van der Waals surface area (Å²) in [4.78, 5) is 11.4. The van der Waals surface area contributed by atoms with Crippen molar-refractivity contribution in [3.8, 4) is 0 Å². The molecule has 7 heteroatoms. The van der Waals surface area contributed by atoms with E-state index < -0.39 is 0 Å². The van der Waals surface area contributed by atoms with E-state index in [0.29, 0.717) is 13.3 Å². The molecule has 130 valence electrons. The molecular formula is C19H19N7. The van der Waals surface area contributed by atoms with Crippen LogP contribution in [-0.2, 0) is 13.3 Å². The van der Waals surface area contributed by atoms with E-state index in [-0.39, 0.29) is 6.04 Å². The number of nitrogens with zero attached hydrogens (tertiary/aromatic N) is 7. The summed E-state index contributed by atoms with van der Waals surface area (Å²) in [5.74, 6) is 0. The molecule has 4 heterocycles. The van der Waals surface area contributed by atoms with Crippen LogP contribution in [-0.4, -0.2) is 34.4 Å². The molecule has 0 spiro atoms. The van der Waals surface area contributed by atoms with Gasteiger partial charge in [0.05, 0.1) is 30.8 Å². The fourth-order valence-electron chi connectivity index (χ4n) is 2.95. The molecule has 0 aliphatic rings. The highest BCUT2D eigenvalue weighted by Gasteiger charge is 2.25. The van der Waals surface area contributed by atoms with Gasteiger partial charge in [0.1, 0.15) is 0 Å². The zero-order valence-corrected chi connectivity index (χ0v) is 14.2. The van der Waals surface area contributed by atoms with E-state index in [4.69, 9.17) is 0 Å². The first-order valence-electron chi connectivity index (χ1n) is 8.41. The van der Waals surface area contributed by atoms with Gasteiger partial charge in [-0.15, -0.1) is 0 Å². The van der Waals surface area contributed by atoms with Crippen LogP contribution in [0.15, 0.2) is 85.7 Å². The predicted octanol–water partition coefficient (Wildman–Crippen LogP) is 2.58. The van der Waals surface area contributed by atoms with Gasteiger partial charge in [-0.3, -0.25) is 24.2 Å². The molecule has 26 heavy (non-hydrogen) atoms. The lowest BCUT2D eigenvalue weighted by atomic mass is 10.1. The summed E-state index contributed by atoms with van der Waals surface area (Å²) >= 11 is 0. The van der Waals surface area contributed by atoms with E-state index in [1.165, 1.54) is 0 Å². The highest BCUT2D eigenvalue weighted by molar-refractivity contribution is 5.21. The van der Waals surface area contributed by atoms with Gasteiger partial charge in [-0.05, 0) is 36.4 Å². The molecule has 0 N–H and O–H groups in total. The van der Waals surface area contributed by atoms with Crippen LogP contribution in [0.5, 0.6) is 0 Å². The summed E-state index contributed by atoms with van der Waals surface area (Å²) in [5.41, 5.74) is 1.87. The summed E-state index contributed by atoms with van der Waals surface area (Å²) in [5, 5.41) is 8.72. The summed E-state index contributed by atoms with van der Waals surface area (Å²) in [6.07, 6.45) is 11.1. The van der Waals surface area contributed by atoms with E-state index >= 15 is 0 Å². The molecule has 4 aromatic heterocycles. The fourth-order valence-corrected chi connectivity index (χ4v) is 2.95. The maximum Gasteiger partial charge on any atom is 0.0978 e. The van der Waals surface area contributed by atoms with Gasteiger partial charge in [-0.25, -0.2) is 0 Å². The Balaban J connectivity index is 1.74. The van der Waals surface area contributed by atoms with Gasteiger partial charge in [0.2, 0.25) is 0 Å². The van der Waals surface area contributed by atoms with E-state index in [0.717, 1.165) is 11.4 Å². The molecule has 0 aliphatic heterocycles. The average molecular weight is 345 g/mol. The van der Waals surface area contributed by atoms with Crippen molar-refractivity contribution in [1.82, 2.24) is 34.4 Å². The molecule has 0 amide bonds. The molecule has 0 aromatic carbocycles. The Hall–Kier alpha value is -3.32. The molecule has 0 unspecified atom stereocenters. The third-order valence-corrected chi connectivity index (χ3v) is 4.07. The van der Waals surface area contributed by atoms with Crippen molar-refractivity contribution in [1.29, 1.82) is 0 Å². The van der Waals surface area contributed by atoms with Crippen LogP contribution in [0, 0.1) is 0 Å². The lowest BCUT2D eigenvalue weighted by Gasteiger charge is -2.30. The molecule has 0 radical (unpaired) electrons. The lowest BCUT2D eigenvalue weighted by Crippen LogP contribution is -2.34. The second-order valence-electron chi connectivity index (χ2n) is 5.87. The van der Waals surface area contributed by atoms with E-state index in [1.54, 1.807) is 12.4 Å². The zero-order valence-electron chi connectivity index (χ0n) is 14.2. The van der Waals surface area contributed by atoms with Gasteiger partial charge in [-0.1, -0.05) is 12.1 Å². The van der Waals surface area contributed by atoms with Crippen LogP contribution >= 0.6 is 0 Å². The van der Waals surface area contributed by atoms with Crippen molar-refractivity contribution in [3.05, 3.63) is 97.1 Å². The topological polar surface area (TPSA) is 64.7 Å². The van der Waals surface area contributed by atoms with Crippen LogP contribution < -0.4 is 0 Å². The van der Waals surface area contributed by atoms with Crippen molar-refractivity contribution in [2.24, 2.45) is 0 Å². The maximum atomic E-state index is 4.59. The molecule has 4 aromatic rings. The third kappa shape index (κ3) is 3.68. The van der Waals surface area contributed by atoms with Gasteiger partial charge in [-0.2, -0.15) is 10.2 Å². The van der Waals surface area contributed by atoms with Crippen LogP contribution in [0.1, 0.15) is 17.4 Å². The minimum absolute atomic E-state index is 0.120. The largest absolute Gasteiger partial charge is 0.259 e. The molecule has 0 bridgehead atoms. The Morgan fingerprint density at radius 2 is 1.23 bits per heavy atom. The normalized spacial score (nSPS) is 11.3. The highest BCUT2D eigenvalue weighted by Crippen LogP contribution is 2.26. The lowest BCUT2D eigenvalue weighted by molar-refractivity contribution is 0.112. The van der Waals surface area contributed by atoms with Crippen molar-refractivity contribution in [2.75, 3.05) is 0 Å². The van der Waals surface area contributed by atoms with Crippen molar-refractivity contribution in [2.45, 2.75) is 19.4 Å². The van der Waals surface area contributed by atoms with Crippen molar-refractivity contribution >= 4 is 0 Å². The van der Waals surface area contributed by atoms with Gasteiger partial charge in [0.25, 0.3) is 0 Å². The Labute approximate surface area is 151 Å². The molecule has 0 atom stereocenters. The van der Waals surface area contributed by atoms with Crippen LogP contribution in [0.2, 0.25) is 0 Å². The Kier molecular flexibility index (Phi) is 4.79. The molecule has 0 fully saturated rings. The Morgan fingerprint density at radius 3 is 1.62 bits per heavy atom. The number of aromatic nitrogens is 6. The number of rotatable bonds is 7. The SMILES string of the molecule is c1ccc(C(c2ccccn2)N(Cn2cccn2)Cn2cccn2)nc1. The summed E-state index contributed by atoms with van der Waals surface area (Å²) in [6.45, 7) is 1.18. The molecule has 0 aliphatic carbocycles. The smallest absolute Gasteiger partial charge is 0.0978 e. The summed E-state index contributed by atoms with van der Waals surface area (Å²) < 4.78 is 3.78. The second-order valence-corrected chi connectivity index (χ2v) is 5.87. The summed E-state index contributed by atoms with van der Waals surface area (Å²) in [7, 11) is 0. The number of pyridine rings is 2. The minimum Gasteiger partial charge on any atom is -0.259 e.